The lowest BCUT2D eigenvalue weighted by molar-refractivity contribution is 0.0557. The van der Waals surface area contributed by atoms with Crippen LogP contribution in [-0.2, 0) is 14.8 Å². The Bertz CT molecular complexity index is 486. The molecule has 0 bridgehead atoms. The zero-order valence-electron chi connectivity index (χ0n) is 9.80. The first-order valence-electron chi connectivity index (χ1n) is 5.66. The first kappa shape index (κ1) is 13.9. The summed E-state index contributed by atoms with van der Waals surface area (Å²) in [6.45, 7) is 1.14. The van der Waals surface area contributed by atoms with E-state index < -0.39 is 15.6 Å². The number of hydrogen-bond acceptors (Lipinski definition) is 4. The molecule has 100 valence electrons. The maximum atomic E-state index is 12.3. The van der Waals surface area contributed by atoms with Crippen molar-refractivity contribution >= 4 is 26.0 Å². The third-order valence-corrected chi connectivity index (χ3v) is 5.64. The largest absolute Gasteiger partial charge is 0.381 e. The molecule has 2 heterocycles. The second-order valence-corrected chi connectivity index (χ2v) is 6.56. The van der Waals surface area contributed by atoms with Crippen molar-refractivity contribution < 1.29 is 13.2 Å². The first-order chi connectivity index (χ1) is 8.58. The summed E-state index contributed by atoms with van der Waals surface area (Å²) < 4.78 is 32.6. The number of aromatic nitrogens is 1. The minimum absolute atomic E-state index is 0.191. The molecule has 0 aromatic carbocycles. The molecule has 1 N–H and O–H groups in total. The highest BCUT2D eigenvalue weighted by Gasteiger charge is 2.36. The highest BCUT2D eigenvalue weighted by molar-refractivity contribution is 9.09. The SMILES string of the molecule is O=S(=O)(NC1(CBr)CCOCC1)c1cccnc1. The van der Waals surface area contributed by atoms with Crippen LogP contribution in [0.5, 0.6) is 0 Å². The molecule has 0 unspecified atom stereocenters. The summed E-state index contributed by atoms with van der Waals surface area (Å²) in [5.74, 6) is 0. The summed E-state index contributed by atoms with van der Waals surface area (Å²) >= 11 is 3.40. The van der Waals surface area contributed by atoms with Gasteiger partial charge in [0.15, 0.2) is 0 Å². The van der Waals surface area contributed by atoms with Gasteiger partial charge in [-0.1, -0.05) is 15.9 Å². The highest BCUT2D eigenvalue weighted by Crippen LogP contribution is 2.25. The van der Waals surface area contributed by atoms with Crippen molar-refractivity contribution in [3.63, 3.8) is 0 Å². The Balaban J connectivity index is 2.21. The van der Waals surface area contributed by atoms with Crippen molar-refractivity contribution in [3.05, 3.63) is 24.5 Å². The molecule has 1 aliphatic heterocycles. The molecule has 1 aromatic rings. The molecule has 0 spiro atoms. The van der Waals surface area contributed by atoms with Crippen LogP contribution in [0.1, 0.15) is 12.8 Å². The van der Waals surface area contributed by atoms with E-state index in [0.29, 0.717) is 31.4 Å². The van der Waals surface area contributed by atoms with E-state index in [1.165, 1.54) is 12.3 Å². The van der Waals surface area contributed by atoms with E-state index in [2.05, 4.69) is 25.6 Å². The van der Waals surface area contributed by atoms with Gasteiger partial charge in [0.2, 0.25) is 10.0 Å². The molecular weight excluding hydrogens is 320 g/mol. The van der Waals surface area contributed by atoms with E-state index >= 15 is 0 Å². The number of sulfonamides is 1. The lowest BCUT2D eigenvalue weighted by Crippen LogP contribution is -2.53. The van der Waals surface area contributed by atoms with Crippen molar-refractivity contribution in [2.45, 2.75) is 23.3 Å². The second kappa shape index (κ2) is 5.64. The quantitative estimate of drug-likeness (QED) is 0.843. The Kier molecular flexibility index (Phi) is 4.37. The summed E-state index contributed by atoms with van der Waals surface area (Å²) in [4.78, 5) is 4.03. The maximum Gasteiger partial charge on any atom is 0.242 e. The number of halogens is 1. The first-order valence-corrected chi connectivity index (χ1v) is 8.26. The minimum atomic E-state index is -3.53. The number of nitrogens with one attached hydrogen (secondary N) is 1. The van der Waals surface area contributed by atoms with E-state index in [-0.39, 0.29) is 4.90 Å². The molecule has 1 fully saturated rings. The smallest absolute Gasteiger partial charge is 0.242 e. The summed E-state index contributed by atoms with van der Waals surface area (Å²) in [5.41, 5.74) is -0.465. The van der Waals surface area contributed by atoms with Gasteiger partial charge in [-0.3, -0.25) is 4.98 Å². The molecule has 0 radical (unpaired) electrons. The van der Waals surface area contributed by atoms with Gasteiger partial charge in [0.1, 0.15) is 4.90 Å². The molecule has 0 atom stereocenters. The molecule has 0 saturated carbocycles. The van der Waals surface area contributed by atoms with E-state index in [1.807, 2.05) is 0 Å². The minimum Gasteiger partial charge on any atom is -0.381 e. The molecule has 2 rings (SSSR count). The number of ether oxygens (including phenoxy) is 1. The summed E-state index contributed by atoms with van der Waals surface area (Å²) in [5, 5.41) is 0.572. The van der Waals surface area contributed by atoms with Crippen LogP contribution >= 0.6 is 15.9 Å². The zero-order valence-corrected chi connectivity index (χ0v) is 12.2. The molecule has 0 aliphatic carbocycles. The highest BCUT2D eigenvalue weighted by atomic mass is 79.9. The van der Waals surface area contributed by atoms with Gasteiger partial charge in [-0.2, -0.15) is 0 Å². The average molecular weight is 335 g/mol. The predicted octanol–water partition coefficient (Wildman–Crippen LogP) is 1.30. The normalized spacial score (nSPS) is 19.6. The van der Waals surface area contributed by atoms with Gasteiger partial charge in [0.25, 0.3) is 0 Å². The van der Waals surface area contributed by atoms with Crippen LogP contribution in [0.25, 0.3) is 0 Å². The third kappa shape index (κ3) is 3.09. The molecule has 5 nitrogen and oxygen atoms in total. The Morgan fingerprint density at radius 3 is 2.72 bits per heavy atom. The Morgan fingerprint density at radius 1 is 1.44 bits per heavy atom. The van der Waals surface area contributed by atoms with E-state index in [0.717, 1.165) is 0 Å². The van der Waals surface area contributed by atoms with Crippen LogP contribution in [0.2, 0.25) is 0 Å². The third-order valence-electron chi connectivity index (χ3n) is 3.00. The fourth-order valence-electron chi connectivity index (χ4n) is 1.88. The molecule has 1 aromatic heterocycles. The fraction of sp³-hybridized carbons (Fsp3) is 0.545. The maximum absolute atomic E-state index is 12.3. The van der Waals surface area contributed by atoms with Gasteiger partial charge in [-0.25, -0.2) is 13.1 Å². The van der Waals surface area contributed by atoms with Gasteiger partial charge in [-0.15, -0.1) is 0 Å². The Morgan fingerprint density at radius 2 is 2.17 bits per heavy atom. The van der Waals surface area contributed by atoms with Gasteiger partial charge < -0.3 is 4.74 Å². The summed E-state index contributed by atoms with van der Waals surface area (Å²) in [6.07, 6.45) is 4.23. The number of hydrogen-bond donors (Lipinski definition) is 1. The molecular formula is C11H15BrN2O3S. The monoisotopic (exact) mass is 334 g/mol. The van der Waals surface area contributed by atoms with Crippen molar-refractivity contribution in [1.29, 1.82) is 0 Å². The number of alkyl halides is 1. The topological polar surface area (TPSA) is 68.3 Å². The Labute approximate surface area is 115 Å². The molecule has 1 aliphatic rings. The van der Waals surface area contributed by atoms with Crippen LogP contribution in [0.4, 0.5) is 0 Å². The number of pyridine rings is 1. The van der Waals surface area contributed by atoms with Gasteiger partial charge in [-0.05, 0) is 25.0 Å². The van der Waals surface area contributed by atoms with Crippen LogP contribution in [-0.4, -0.2) is 37.5 Å². The van der Waals surface area contributed by atoms with Crippen LogP contribution in [0, 0.1) is 0 Å². The molecule has 18 heavy (non-hydrogen) atoms. The number of rotatable bonds is 4. The van der Waals surface area contributed by atoms with Crippen molar-refractivity contribution in [2.24, 2.45) is 0 Å². The summed E-state index contributed by atoms with van der Waals surface area (Å²) in [6, 6.07) is 3.15. The molecule has 7 heteroatoms. The summed E-state index contributed by atoms with van der Waals surface area (Å²) in [7, 11) is -3.53. The van der Waals surface area contributed by atoms with E-state index in [9.17, 15) is 8.42 Å². The van der Waals surface area contributed by atoms with Gasteiger partial charge in [0.05, 0.1) is 0 Å². The van der Waals surface area contributed by atoms with Crippen LogP contribution < -0.4 is 4.72 Å². The van der Waals surface area contributed by atoms with Crippen molar-refractivity contribution in [3.8, 4) is 0 Å². The average Bonchev–Trinajstić information content (AvgIpc) is 2.40. The molecule has 1 saturated heterocycles. The lowest BCUT2D eigenvalue weighted by atomic mass is 9.94. The lowest BCUT2D eigenvalue weighted by Gasteiger charge is -2.35. The van der Waals surface area contributed by atoms with Gasteiger partial charge in [0, 0.05) is 36.5 Å². The second-order valence-electron chi connectivity index (χ2n) is 4.32. The van der Waals surface area contributed by atoms with E-state index in [4.69, 9.17) is 4.74 Å². The van der Waals surface area contributed by atoms with Crippen molar-refractivity contribution in [2.75, 3.05) is 18.5 Å². The van der Waals surface area contributed by atoms with Crippen LogP contribution in [0.3, 0.4) is 0 Å². The van der Waals surface area contributed by atoms with E-state index in [1.54, 1.807) is 12.3 Å². The van der Waals surface area contributed by atoms with Crippen molar-refractivity contribution in [1.82, 2.24) is 9.71 Å². The zero-order chi connectivity index (χ0) is 13.1. The predicted molar refractivity (Wildman–Crippen MR) is 71.1 cm³/mol. The number of nitrogens with zero attached hydrogens (tertiary/aromatic N) is 1. The van der Waals surface area contributed by atoms with Crippen LogP contribution in [0.15, 0.2) is 29.4 Å². The fourth-order valence-corrected chi connectivity index (χ4v) is 4.18. The van der Waals surface area contributed by atoms with Gasteiger partial charge >= 0.3 is 0 Å². The molecule has 0 amide bonds. The standard InChI is InChI=1S/C11H15BrN2O3S/c12-9-11(3-6-17-7-4-11)14-18(15,16)10-2-1-5-13-8-10/h1-2,5,8,14H,3-4,6-7,9H2. The Hall–Kier alpha value is -0.500.